The molecule has 0 bridgehead atoms. The number of anilines is 1. The van der Waals surface area contributed by atoms with Crippen LogP contribution in [0.25, 0.3) is 0 Å². The lowest BCUT2D eigenvalue weighted by Gasteiger charge is -2.33. The lowest BCUT2D eigenvalue weighted by atomic mass is 10.1. The molecule has 3 nitrogen and oxygen atoms in total. The third-order valence-electron chi connectivity index (χ3n) is 3.89. The van der Waals surface area contributed by atoms with E-state index in [-0.39, 0.29) is 11.1 Å². The monoisotopic (exact) mass is 354 g/mol. The highest BCUT2D eigenvalue weighted by atomic mass is 35.5. The zero-order valence-electron chi connectivity index (χ0n) is 12.4. The van der Waals surface area contributed by atoms with Gasteiger partial charge < -0.3 is 10.5 Å². The highest BCUT2D eigenvalue weighted by Crippen LogP contribution is 2.32. The van der Waals surface area contributed by atoms with E-state index in [1.54, 1.807) is 0 Å². The van der Waals surface area contributed by atoms with Crippen molar-refractivity contribution in [2.24, 2.45) is 0 Å². The van der Waals surface area contributed by atoms with Gasteiger partial charge in [-0.2, -0.15) is 0 Å². The van der Waals surface area contributed by atoms with Crippen molar-refractivity contribution in [2.75, 3.05) is 25.4 Å². The van der Waals surface area contributed by atoms with Gasteiger partial charge in [-0.15, -0.1) is 0 Å². The Morgan fingerprint density at radius 1 is 1.22 bits per heavy atom. The first kappa shape index (κ1) is 16.5. The highest BCUT2D eigenvalue weighted by molar-refractivity contribution is 6.35. The maximum atomic E-state index is 13.7. The van der Waals surface area contributed by atoms with E-state index < -0.39 is 5.82 Å². The average molecular weight is 355 g/mol. The van der Waals surface area contributed by atoms with Crippen molar-refractivity contribution < 1.29 is 9.13 Å². The van der Waals surface area contributed by atoms with Gasteiger partial charge in [-0.3, -0.25) is 4.90 Å². The smallest absolute Gasteiger partial charge is 0.142 e. The summed E-state index contributed by atoms with van der Waals surface area (Å²) in [5.41, 5.74) is 8.33. The number of nitrogen functional groups attached to an aromatic ring is 1. The molecule has 1 heterocycles. The maximum absolute atomic E-state index is 13.7. The molecule has 1 unspecified atom stereocenters. The Balaban J connectivity index is 1.74. The minimum atomic E-state index is -0.484. The summed E-state index contributed by atoms with van der Waals surface area (Å²) in [6, 6.07) is 10.6. The van der Waals surface area contributed by atoms with E-state index in [4.69, 9.17) is 33.7 Å². The second kappa shape index (κ2) is 7.05. The number of halogens is 3. The maximum Gasteiger partial charge on any atom is 0.142 e. The molecule has 1 fully saturated rings. The molecule has 1 atom stereocenters. The minimum Gasteiger partial charge on any atom is -0.399 e. The molecule has 0 aliphatic carbocycles. The van der Waals surface area contributed by atoms with Crippen molar-refractivity contribution >= 4 is 28.9 Å². The first-order valence-corrected chi connectivity index (χ1v) is 8.11. The molecule has 2 aromatic carbocycles. The fourth-order valence-corrected chi connectivity index (χ4v) is 3.27. The lowest BCUT2D eigenvalue weighted by Crippen LogP contribution is -2.38. The Kier molecular flexibility index (Phi) is 5.07. The fourth-order valence-electron chi connectivity index (χ4n) is 2.77. The Morgan fingerprint density at radius 2 is 2.04 bits per heavy atom. The van der Waals surface area contributed by atoms with Crippen LogP contribution >= 0.6 is 23.2 Å². The quantitative estimate of drug-likeness (QED) is 0.660. The predicted molar refractivity (Wildman–Crippen MR) is 91.2 cm³/mol. The number of nitrogens with zero attached hydrogens (tertiary/aromatic N) is 1. The number of morpholine rings is 1. The molecule has 2 aromatic rings. The zero-order valence-corrected chi connectivity index (χ0v) is 13.9. The van der Waals surface area contributed by atoms with Gasteiger partial charge in [0.1, 0.15) is 5.82 Å². The molecule has 23 heavy (non-hydrogen) atoms. The molecular formula is C17H17Cl2FN2O. The van der Waals surface area contributed by atoms with E-state index in [0.29, 0.717) is 23.7 Å². The van der Waals surface area contributed by atoms with Crippen molar-refractivity contribution in [2.45, 2.75) is 12.6 Å². The molecule has 0 amide bonds. The van der Waals surface area contributed by atoms with Crippen molar-refractivity contribution in [1.82, 2.24) is 4.90 Å². The number of benzene rings is 2. The van der Waals surface area contributed by atoms with Crippen molar-refractivity contribution in [3.8, 4) is 0 Å². The van der Waals surface area contributed by atoms with Crippen molar-refractivity contribution in [3.63, 3.8) is 0 Å². The van der Waals surface area contributed by atoms with Crippen LogP contribution in [0.5, 0.6) is 0 Å². The highest BCUT2D eigenvalue weighted by Gasteiger charge is 2.25. The van der Waals surface area contributed by atoms with Gasteiger partial charge in [0.05, 0.1) is 17.7 Å². The first-order valence-electron chi connectivity index (χ1n) is 7.36. The summed E-state index contributed by atoms with van der Waals surface area (Å²) in [6.07, 6.45) is -0.274. The van der Waals surface area contributed by atoms with E-state index in [1.165, 1.54) is 12.1 Å². The summed E-state index contributed by atoms with van der Waals surface area (Å²) in [5.74, 6) is -0.484. The molecule has 1 aliphatic rings. The second-order valence-electron chi connectivity index (χ2n) is 5.63. The largest absolute Gasteiger partial charge is 0.399 e. The Labute approximate surface area is 144 Å². The molecule has 0 spiro atoms. The van der Waals surface area contributed by atoms with Crippen LogP contribution in [0.2, 0.25) is 10.0 Å². The summed E-state index contributed by atoms with van der Waals surface area (Å²) in [5, 5.41) is 0.443. The molecule has 6 heteroatoms. The normalized spacial score (nSPS) is 19.0. The summed E-state index contributed by atoms with van der Waals surface area (Å²) in [4.78, 5) is 2.24. The summed E-state index contributed by atoms with van der Waals surface area (Å²) in [7, 11) is 0. The van der Waals surface area contributed by atoms with Crippen LogP contribution in [0.4, 0.5) is 10.1 Å². The fraction of sp³-hybridized carbons (Fsp3) is 0.294. The molecule has 0 radical (unpaired) electrons. The van der Waals surface area contributed by atoms with Crippen LogP contribution in [0.1, 0.15) is 17.2 Å². The van der Waals surface area contributed by atoms with E-state index in [2.05, 4.69) is 4.90 Å². The van der Waals surface area contributed by atoms with Crippen LogP contribution in [0, 0.1) is 5.82 Å². The number of ether oxygens (including phenoxy) is 1. The number of nitrogens with two attached hydrogens (primary N) is 1. The van der Waals surface area contributed by atoms with Gasteiger partial charge in [0.15, 0.2) is 0 Å². The molecular weight excluding hydrogens is 338 g/mol. The number of hydrogen-bond donors (Lipinski definition) is 1. The SMILES string of the molecule is Nc1cccc(CN2CCOC(c3cc(F)c(Cl)cc3Cl)C2)c1. The standard InChI is InChI=1S/C17H17Cl2FN2O/c18-14-8-15(19)16(20)7-13(14)17-10-22(4-5-23-17)9-11-2-1-3-12(21)6-11/h1-3,6-8,17H,4-5,9-10,21H2. The number of rotatable bonds is 3. The summed E-state index contributed by atoms with van der Waals surface area (Å²) < 4.78 is 19.5. The van der Waals surface area contributed by atoms with E-state index in [1.807, 2.05) is 24.3 Å². The molecule has 2 N–H and O–H groups in total. The van der Waals surface area contributed by atoms with Gasteiger partial charge in [0, 0.05) is 35.9 Å². The third kappa shape index (κ3) is 3.96. The summed E-state index contributed by atoms with van der Waals surface area (Å²) in [6.45, 7) is 2.76. The van der Waals surface area contributed by atoms with Crippen LogP contribution in [0.15, 0.2) is 36.4 Å². The van der Waals surface area contributed by atoms with Crippen LogP contribution in [0.3, 0.4) is 0 Å². The van der Waals surface area contributed by atoms with Gasteiger partial charge in [0.2, 0.25) is 0 Å². The Bertz CT molecular complexity index is 711. The summed E-state index contributed by atoms with van der Waals surface area (Å²) >= 11 is 12.0. The van der Waals surface area contributed by atoms with Gasteiger partial charge >= 0.3 is 0 Å². The first-order chi connectivity index (χ1) is 11.0. The molecule has 122 valence electrons. The molecule has 1 saturated heterocycles. The lowest BCUT2D eigenvalue weighted by molar-refractivity contribution is -0.0329. The van der Waals surface area contributed by atoms with Crippen molar-refractivity contribution in [1.29, 1.82) is 0 Å². The average Bonchev–Trinajstić information content (AvgIpc) is 2.51. The molecule has 1 aliphatic heterocycles. The van der Waals surface area contributed by atoms with Crippen LogP contribution < -0.4 is 5.73 Å². The van der Waals surface area contributed by atoms with Gasteiger partial charge in [-0.05, 0) is 29.8 Å². The predicted octanol–water partition coefficient (Wildman–Crippen LogP) is 4.29. The number of hydrogen-bond acceptors (Lipinski definition) is 3. The molecule has 0 aromatic heterocycles. The van der Waals surface area contributed by atoms with Crippen LogP contribution in [-0.2, 0) is 11.3 Å². The zero-order chi connectivity index (χ0) is 16.4. The van der Waals surface area contributed by atoms with E-state index >= 15 is 0 Å². The van der Waals surface area contributed by atoms with Crippen molar-refractivity contribution in [3.05, 3.63) is 63.4 Å². The Morgan fingerprint density at radius 3 is 2.83 bits per heavy atom. The Hall–Kier alpha value is -1.33. The topological polar surface area (TPSA) is 38.5 Å². The van der Waals surface area contributed by atoms with Gasteiger partial charge in [-0.25, -0.2) is 4.39 Å². The van der Waals surface area contributed by atoms with E-state index in [0.717, 1.165) is 24.3 Å². The van der Waals surface area contributed by atoms with Gasteiger partial charge in [-0.1, -0.05) is 35.3 Å². The third-order valence-corrected chi connectivity index (χ3v) is 4.51. The minimum absolute atomic E-state index is 0.0196. The molecule has 3 rings (SSSR count). The second-order valence-corrected chi connectivity index (χ2v) is 6.44. The molecule has 0 saturated carbocycles. The van der Waals surface area contributed by atoms with E-state index in [9.17, 15) is 4.39 Å². The van der Waals surface area contributed by atoms with Crippen LogP contribution in [-0.4, -0.2) is 24.6 Å². The van der Waals surface area contributed by atoms with Gasteiger partial charge in [0.25, 0.3) is 0 Å².